The fraction of sp³-hybridized carbons (Fsp3) is 0.250. The standard InChI is InChI=1S/C8H11ClN6OS/c1-15(2)6-4(9)12-3(5(10)13-6)7(16)14-8(11)17/h1-2H3,(H2,10,13)(H3,11,14,16,17). The monoisotopic (exact) mass is 274 g/mol. The van der Waals surface area contributed by atoms with Crippen LogP contribution in [0.3, 0.4) is 0 Å². The number of thiocarbonyl (C=S) groups is 1. The zero-order valence-corrected chi connectivity index (χ0v) is 10.8. The van der Waals surface area contributed by atoms with Crippen molar-refractivity contribution in [3.05, 3.63) is 10.8 Å². The van der Waals surface area contributed by atoms with Gasteiger partial charge in [-0.15, -0.1) is 0 Å². The van der Waals surface area contributed by atoms with Gasteiger partial charge in [0.25, 0.3) is 5.91 Å². The number of carbonyl (C=O) groups is 1. The minimum Gasteiger partial charge on any atom is -0.382 e. The maximum Gasteiger partial charge on any atom is 0.279 e. The molecule has 0 saturated heterocycles. The van der Waals surface area contributed by atoms with Gasteiger partial charge >= 0.3 is 0 Å². The number of carbonyl (C=O) groups excluding carboxylic acids is 1. The molecule has 0 aliphatic heterocycles. The molecule has 1 heterocycles. The van der Waals surface area contributed by atoms with E-state index in [9.17, 15) is 4.79 Å². The van der Waals surface area contributed by atoms with Crippen molar-refractivity contribution >= 4 is 46.5 Å². The van der Waals surface area contributed by atoms with Gasteiger partial charge < -0.3 is 16.4 Å². The number of nitrogens with zero attached hydrogens (tertiary/aromatic N) is 3. The van der Waals surface area contributed by atoms with E-state index in [1.807, 2.05) is 0 Å². The topological polar surface area (TPSA) is 110 Å². The largest absolute Gasteiger partial charge is 0.382 e. The van der Waals surface area contributed by atoms with E-state index in [2.05, 4.69) is 27.5 Å². The van der Waals surface area contributed by atoms with E-state index < -0.39 is 5.91 Å². The molecule has 0 aliphatic rings. The van der Waals surface area contributed by atoms with Gasteiger partial charge in [0.05, 0.1) is 0 Å². The summed E-state index contributed by atoms with van der Waals surface area (Å²) in [7, 11) is 3.45. The number of nitrogen functional groups attached to an aromatic ring is 1. The molecule has 1 rings (SSSR count). The van der Waals surface area contributed by atoms with Crippen molar-refractivity contribution in [1.82, 2.24) is 15.3 Å². The first-order valence-corrected chi connectivity index (χ1v) is 5.22. The Hall–Kier alpha value is -1.67. The maximum absolute atomic E-state index is 11.6. The maximum atomic E-state index is 11.6. The Morgan fingerprint density at radius 1 is 1.47 bits per heavy atom. The van der Waals surface area contributed by atoms with Gasteiger partial charge in [-0.05, 0) is 12.2 Å². The fourth-order valence-corrected chi connectivity index (χ4v) is 1.43. The molecular weight excluding hydrogens is 264 g/mol. The molecule has 0 aliphatic carbocycles. The minimum atomic E-state index is -0.644. The fourth-order valence-electron chi connectivity index (χ4n) is 1.04. The highest BCUT2D eigenvalue weighted by Crippen LogP contribution is 2.22. The van der Waals surface area contributed by atoms with E-state index in [4.69, 9.17) is 23.1 Å². The van der Waals surface area contributed by atoms with Crippen LogP contribution in [0.1, 0.15) is 10.5 Å². The predicted octanol–water partition coefficient (Wildman–Crippen LogP) is -0.248. The van der Waals surface area contributed by atoms with Crippen LogP contribution in [0, 0.1) is 0 Å². The lowest BCUT2D eigenvalue weighted by Gasteiger charge is -2.14. The van der Waals surface area contributed by atoms with Crippen molar-refractivity contribution < 1.29 is 4.79 Å². The lowest BCUT2D eigenvalue weighted by Crippen LogP contribution is -2.36. The summed E-state index contributed by atoms with van der Waals surface area (Å²) in [5.74, 6) is -0.322. The van der Waals surface area contributed by atoms with Crippen LogP contribution in [0.2, 0.25) is 5.15 Å². The first kappa shape index (κ1) is 13.4. The molecule has 7 nitrogen and oxygen atoms in total. The zero-order chi connectivity index (χ0) is 13.2. The zero-order valence-electron chi connectivity index (χ0n) is 9.19. The molecule has 17 heavy (non-hydrogen) atoms. The minimum absolute atomic E-state index is 0.0492. The van der Waals surface area contributed by atoms with Gasteiger partial charge in [0.15, 0.2) is 27.6 Å². The van der Waals surface area contributed by atoms with E-state index in [0.717, 1.165) is 0 Å². The Kier molecular flexibility index (Phi) is 4.02. The molecular formula is C8H11ClN6OS. The number of anilines is 2. The summed E-state index contributed by atoms with van der Waals surface area (Å²) >= 11 is 10.4. The van der Waals surface area contributed by atoms with Gasteiger partial charge in [-0.3, -0.25) is 10.1 Å². The van der Waals surface area contributed by atoms with E-state index in [1.165, 1.54) is 0 Å². The molecule has 9 heteroatoms. The van der Waals surface area contributed by atoms with Crippen molar-refractivity contribution in [2.24, 2.45) is 5.73 Å². The van der Waals surface area contributed by atoms with E-state index in [0.29, 0.717) is 5.82 Å². The van der Waals surface area contributed by atoms with E-state index in [1.54, 1.807) is 19.0 Å². The molecule has 1 aromatic rings. The number of amides is 1. The summed E-state index contributed by atoms with van der Waals surface area (Å²) in [6.45, 7) is 0. The highest BCUT2D eigenvalue weighted by atomic mass is 35.5. The Morgan fingerprint density at radius 3 is 2.53 bits per heavy atom. The number of hydrogen-bond acceptors (Lipinski definition) is 6. The third-order valence-corrected chi connectivity index (χ3v) is 2.09. The van der Waals surface area contributed by atoms with Crippen molar-refractivity contribution in [2.75, 3.05) is 24.7 Å². The number of nitrogens with two attached hydrogens (primary N) is 2. The van der Waals surface area contributed by atoms with Crippen LogP contribution in [0.4, 0.5) is 11.6 Å². The Morgan fingerprint density at radius 2 is 2.06 bits per heavy atom. The molecule has 1 aromatic heterocycles. The summed E-state index contributed by atoms with van der Waals surface area (Å²) in [5.41, 5.74) is 10.6. The predicted molar refractivity (Wildman–Crippen MR) is 70.0 cm³/mol. The normalized spacial score (nSPS) is 9.82. The quantitative estimate of drug-likeness (QED) is 0.638. The van der Waals surface area contributed by atoms with Gasteiger partial charge in [0, 0.05) is 14.1 Å². The van der Waals surface area contributed by atoms with Gasteiger partial charge in [0.2, 0.25) is 0 Å². The van der Waals surface area contributed by atoms with Gasteiger partial charge in [0.1, 0.15) is 0 Å². The second-order valence-electron chi connectivity index (χ2n) is 3.28. The van der Waals surface area contributed by atoms with Crippen LogP contribution >= 0.6 is 23.8 Å². The number of halogens is 1. The van der Waals surface area contributed by atoms with Gasteiger partial charge in [-0.25, -0.2) is 9.97 Å². The van der Waals surface area contributed by atoms with Crippen LogP contribution in [0.5, 0.6) is 0 Å². The Balaban J connectivity index is 3.15. The molecule has 0 atom stereocenters. The molecule has 0 fully saturated rings. The average Bonchev–Trinajstić information content (AvgIpc) is 2.19. The molecule has 92 valence electrons. The highest BCUT2D eigenvalue weighted by molar-refractivity contribution is 7.80. The van der Waals surface area contributed by atoms with Gasteiger partial charge in [-0.2, -0.15) is 0 Å². The summed E-state index contributed by atoms with van der Waals surface area (Å²) in [5, 5.41) is 2.08. The summed E-state index contributed by atoms with van der Waals surface area (Å²) in [6.07, 6.45) is 0. The third kappa shape index (κ3) is 3.14. The second kappa shape index (κ2) is 5.11. The van der Waals surface area contributed by atoms with Gasteiger partial charge in [-0.1, -0.05) is 11.6 Å². The van der Waals surface area contributed by atoms with Crippen molar-refractivity contribution in [3.8, 4) is 0 Å². The molecule has 1 amide bonds. The van der Waals surface area contributed by atoms with Crippen molar-refractivity contribution in [3.63, 3.8) is 0 Å². The Labute approximate surface area is 108 Å². The molecule has 0 bridgehead atoms. The summed E-state index contributed by atoms with van der Waals surface area (Å²) in [6, 6.07) is 0. The summed E-state index contributed by atoms with van der Waals surface area (Å²) < 4.78 is 0. The van der Waals surface area contributed by atoms with Crippen LogP contribution < -0.4 is 21.7 Å². The molecule has 0 aromatic carbocycles. The lowest BCUT2D eigenvalue weighted by atomic mass is 10.4. The van der Waals surface area contributed by atoms with Crippen LogP contribution in [-0.2, 0) is 0 Å². The number of rotatable bonds is 2. The number of hydrogen-bond donors (Lipinski definition) is 3. The first-order chi connectivity index (χ1) is 7.82. The SMILES string of the molecule is CN(C)c1nc(N)c(C(=O)NC(N)=S)nc1Cl. The van der Waals surface area contributed by atoms with Crippen LogP contribution in [0.25, 0.3) is 0 Å². The van der Waals surface area contributed by atoms with Crippen molar-refractivity contribution in [2.45, 2.75) is 0 Å². The molecule has 0 unspecified atom stereocenters. The molecule has 0 spiro atoms. The number of aromatic nitrogens is 2. The van der Waals surface area contributed by atoms with E-state index >= 15 is 0 Å². The number of nitrogens with one attached hydrogen (secondary N) is 1. The van der Waals surface area contributed by atoms with Crippen LogP contribution in [-0.4, -0.2) is 35.1 Å². The second-order valence-corrected chi connectivity index (χ2v) is 4.08. The smallest absolute Gasteiger partial charge is 0.279 e. The van der Waals surface area contributed by atoms with E-state index in [-0.39, 0.29) is 21.8 Å². The first-order valence-electron chi connectivity index (χ1n) is 4.44. The lowest BCUT2D eigenvalue weighted by molar-refractivity contribution is 0.0973. The van der Waals surface area contributed by atoms with Crippen LogP contribution in [0.15, 0.2) is 0 Å². The molecule has 5 N–H and O–H groups in total. The molecule has 0 saturated carbocycles. The van der Waals surface area contributed by atoms with Crippen molar-refractivity contribution in [1.29, 1.82) is 0 Å². The molecule has 0 radical (unpaired) electrons. The average molecular weight is 275 g/mol. The summed E-state index contributed by atoms with van der Waals surface area (Å²) in [4.78, 5) is 21.0. The highest BCUT2D eigenvalue weighted by Gasteiger charge is 2.17. The third-order valence-electron chi connectivity index (χ3n) is 1.74. The Bertz CT molecular complexity index is 477.